The van der Waals surface area contributed by atoms with Gasteiger partial charge < -0.3 is 5.32 Å². The van der Waals surface area contributed by atoms with Crippen molar-refractivity contribution in [3.05, 3.63) is 21.4 Å². The van der Waals surface area contributed by atoms with Crippen molar-refractivity contribution in [3.63, 3.8) is 0 Å². The quantitative estimate of drug-likeness (QED) is 0.556. The molecule has 2 rings (SSSR count). The Kier molecular flexibility index (Phi) is 6.74. The molecular formula is C17H26BrNOS. The second-order valence-electron chi connectivity index (χ2n) is 5.92. The van der Waals surface area contributed by atoms with Gasteiger partial charge >= 0.3 is 0 Å². The summed E-state index contributed by atoms with van der Waals surface area (Å²) in [5.41, 5.74) is 1.41. The average molecular weight is 372 g/mol. The van der Waals surface area contributed by atoms with E-state index in [4.69, 9.17) is 0 Å². The summed E-state index contributed by atoms with van der Waals surface area (Å²) in [5.74, 6) is 0.730. The maximum Gasteiger partial charge on any atom is 0.261 e. The van der Waals surface area contributed by atoms with Crippen molar-refractivity contribution in [1.82, 2.24) is 5.32 Å². The minimum atomic E-state index is 0.100. The largest absolute Gasteiger partial charge is 0.350 e. The smallest absolute Gasteiger partial charge is 0.261 e. The van der Waals surface area contributed by atoms with Gasteiger partial charge in [0.05, 0.1) is 4.88 Å². The highest BCUT2D eigenvalue weighted by molar-refractivity contribution is 9.09. The van der Waals surface area contributed by atoms with Crippen LogP contribution in [0.4, 0.5) is 0 Å². The van der Waals surface area contributed by atoms with Gasteiger partial charge in [0, 0.05) is 16.2 Å². The van der Waals surface area contributed by atoms with Gasteiger partial charge in [0.15, 0.2) is 0 Å². The zero-order valence-electron chi connectivity index (χ0n) is 13.1. The van der Waals surface area contributed by atoms with Gasteiger partial charge in [-0.15, -0.1) is 11.3 Å². The molecule has 1 heterocycles. The van der Waals surface area contributed by atoms with Gasteiger partial charge in [0.1, 0.15) is 0 Å². The maximum atomic E-state index is 12.3. The number of carbonyl (C=O) groups excluding carboxylic acids is 1. The second kappa shape index (κ2) is 8.33. The van der Waals surface area contributed by atoms with Crippen molar-refractivity contribution in [3.8, 4) is 0 Å². The monoisotopic (exact) mass is 371 g/mol. The Hall–Kier alpha value is -0.350. The summed E-state index contributed by atoms with van der Waals surface area (Å²) in [6.07, 6.45) is 8.46. The number of hydrogen-bond acceptors (Lipinski definition) is 2. The number of amides is 1. The fourth-order valence-electron chi connectivity index (χ4n) is 3.02. The molecule has 1 aromatic rings. The molecule has 0 aromatic carbocycles. The molecule has 118 valence electrons. The van der Waals surface area contributed by atoms with Crippen LogP contribution in [0.1, 0.15) is 66.1 Å². The first-order valence-electron chi connectivity index (χ1n) is 8.19. The number of thiophene rings is 1. The highest BCUT2D eigenvalue weighted by atomic mass is 79.9. The molecule has 0 aliphatic heterocycles. The van der Waals surface area contributed by atoms with Gasteiger partial charge in [0.2, 0.25) is 0 Å². The molecule has 0 spiro atoms. The molecule has 21 heavy (non-hydrogen) atoms. The van der Waals surface area contributed by atoms with Crippen LogP contribution in [0.3, 0.4) is 0 Å². The summed E-state index contributed by atoms with van der Waals surface area (Å²) in [6, 6.07) is 2.13. The van der Waals surface area contributed by atoms with Gasteiger partial charge in [-0.25, -0.2) is 0 Å². The molecular weight excluding hydrogens is 346 g/mol. The molecule has 0 bridgehead atoms. The van der Waals surface area contributed by atoms with Crippen LogP contribution in [0.5, 0.6) is 0 Å². The van der Waals surface area contributed by atoms with Crippen LogP contribution >= 0.6 is 27.3 Å². The van der Waals surface area contributed by atoms with Crippen LogP contribution in [-0.4, -0.2) is 17.3 Å². The van der Waals surface area contributed by atoms with Crippen LogP contribution in [0.15, 0.2) is 6.07 Å². The van der Waals surface area contributed by atoms with Crippen molar-refractivity contribution < 1.29 is 4.79 Å². The third kappa shape index (κ3) is 4.56. The Morgan fingerprint density at radius 1 is 1.29 bits per heavy atom. The Labute approximate surface area is 140 Å². The molecule has 1 aliphatic carbocycles. The first-order valence-corrected chi connectivity index (χ1v) is 9.92. The van der Waals surface area contributed by atoms with Crippen molar-refractivity contribution >= 4 is 33.2 Å². The molecule has 0 fully saturated rings. The maximum absolute atomic E-state index is 12.3. The summed E-state index contributed by atoms with van der Waals surface area (Å²) in [6.45, 7) is 5.13. The van der Waals surface area contributed by atoms with E-state index >= 15 is 0 Å². The Balaban J connectivity index is 1.92. The van der Waals surface area contributed by atoms with Gasteiger partial charge in [0.25, 0.3) is 5.91 Å². The highest BCUT2D eigenvalue weighted by Gasteiger charge is 2.19. The lowest BCUT2D eigenvalue weighted by atomic mass is 9.99. The predicted octanol–water partition coefficient (Wildman–Crippen LogP) is 4.95. The molecule has 0 saturated heterocycles. The van der Waals surface area contributed by atoms with Crippen molar-refractivity contribution in [2.45, 2.75) is 63.6 Å². The molecule has 0 radical (unpaired) electrons. The minimum absolute atomic E-state index is 0.100. The predicted molar refractivity (Wildman–Crippen MR) is 94.7 cm³/mol. The molecule has 4 heteroatoms. The van der Waals surface area contributed by atoms with E-state index in [-0.39, 0.29) is 5.91 Å². The summed E-state index contributed by atoms with van der Waals surface area (Å²) in [7, 11) is 0. The first-order chi connectivity index (χ1) is 10.2. The van der Waals surface area contributed by atoms with E-state index in [1.807, 2.05) is 0 Å². The van der Waals surface area contributed by atoms with E-state index in [1.54, 1.807) is 11.3 Å². The Morgan fingerprint density at radius 3 is 2.71 bits per heavy atom. The van der Waals surface area contributed by atoms with E-state index in [0.717, 1.165) is 30.6 Å². The van der Waals surface area contributed by atoms with Crippen molar-refractivity contribution in [2.75, 3.05) is 6.54 Å². The van der Waals surface area contributed by atoms with Crippen LogP contribution in [0, 0.1) is 5.92 Å². The van der Waals surface area contributed by atoms with E-state index in [1.165, 1.54) is 29.7 Å². The molecule has 1 unspecified atom stereocenters. The third-order valence-corrected chi connectivity index (χ3v) is 6.80. The second-order valence-corrected chi connectivity index (χ2v) is 8.24. The topological polar surface area (TPSA) is 29.1 Å². The number of alkyl halides is 1. The van der Waals surface area contributed by atoms with Gasteiger partial charge in [-0.1, -0.05) is 49.0 Å². The molecule has 2 nitrogen and oxygen atoms in total. The molecule has 1 aliphatic rings. The van der Waals surface area contributed by atoms with Gasteiger partial charge in [-0.3, -0.25) is 4.79 Å². The number of hydrogen-bond donors (Lipinski definition) is 1. The van der Waals surface area contributed by atoms with Crippen LogP contribution in [0.25, 0.3) is 0 Å². The zero-order chi connectivity index (χ0) is 15.2. The lowest BCUT2D eigenvalue weighted by Crippen LogP contribution is -2.32. The number of halogens is 1. The normalized spacial score (nSPS) is 16.4. The summed E-state index contributed by atoms with van der Waals surface area (Å²) in [5, 5.41) is 3.10. The average Bonchev–Trinajstić information content (AvgIpc) is 2.77. The molecule has 1 amide bonds. The summed E-state index contributed by atoms with van der Waals surface area (Å²) in [4.78, 5) is 15.0. The fourth-order valence-corrected chi connectivity index (χ4v) is 5.10. The number of carbonyl (C=O) groups is 1. The molecule has 1 atom stereocenters. The number of rotatable bonds is 6. The standard InChI is InChI=1S/C17H26BrNOS/c1-3-12(4-2)14(18)11-19-17(20)16-10-13-8-6-5-7-9-15(13)21-16/h10,12,14H,3-9,11H2,1-2H3,(H,19,20). The SMILES string of the molecule is CCC(CC)C(Br)CNC(=O)c1cc2c(s1)CCCCC2. The van der Waals surface area contributed by atoms with E-state index in [2.05, 4.69) is 41.2 Å². The van der Waals surface area contributed by atoms with Crippen LogP contribution in [0.2, 0.25) is 0 Å². The van der Waals surface area contributed by atoms with E-state index in [9.17, 15) is 4.79 Å². The first kappa shape index (κ1) is 17.0. The van der Waals surface area contributed by atoms with Crippen LogP contribution in [-0.2, 0) is 12.8 Å². The zero-order valence-corrected chi connectivity index (χ0v) is 15.5. The number of fused-ring (bicyclic) bond motifs is 1. The number of nitrogens with one attached hydrogen (secondary N) is 1. The molecule has 1 N–H and O–H groups in total. The Bertz CT molecular complexity index is 444. The number of aryl methyl sites for hydroxylation is 2. The van der Waals surface area contributed by atoms with Crippen molar-refractivity contribution in [2.24, 2.45) is 5.92 Å². The third-order valence-electron chi connectivity index (χ3n) is 4.49. The fraction of sp³-hybridized carbons (Fsp3) is 0.706. The summed E-state index contributed by atoms with van der Waals surface area (Å²) >= 11 is 5.42. The molecule has 0 saturated carbocycles. The van der Waals surface area contributed by atoms with Crippen molar-refractivity contribution in [1.29, 1.82) is 0 Å². The summed E-state index contributed by atoms with van der Waals surface area (Å²) < 4.78 is 0. The van der Waals surface area contributed by atoms with Gasteiger partial charge in [-0.2, -0.15) is 0 Å². The molecule has 1 aromatic heterocycles. The van der Waals surface area contributed by atoms with E-state index in [0.29, 0.717) is 17.3 Å². The van der Waals surface area contributed by atoms with Crippen LogP contribution < -0.4 is 5.32 Å². The highest BCUT2D eigenvalue weighted by Crippen LogP contribution is 2.29. The Morgan fingerprint density at radius 2 is 2.00 bits per heavy atom. The van der Waals surface area contributed by atoms with E-state index < -0.39 is 0 Å². The lowest BCUT2D eigenvalue weighted by molar-refractivity contribution is 0.0956. The van der Waals surface area contributed by atoms with Gasteiger partial charge in [-0.05, 0) is 43.2 Å². The minimum Gasteiger partial charge on any atom is -0.350 e. The lowest BCUT2D eigenvalue weighted by Gasteiger charge is -2.19.